The molecule has 0 aliphatic rings. The van der Waals surface area contributed by atoms with Crippen molar-refractivity contribution in [1.82, 2.24) is 4.98 Å². The van der Waals surface area contributed by atoms with Crippen LogP contribution in [-0.2, 0) is 0 Å². The van der Waals surface area contributed by atoms with Gasteiger partial charge in [-0.2, -0.15) is 0 Å². The molecule has 2 rings (SSSR count). The third-order valence-electron chi connectivity index (χ3n) is 3.08. The molecule has 0 saturated heterocycles. The molecular weight excluding hydrogens is 260 g/mol. The zero-order valence-electron chi connectivity index (χ0n) is 11.3. The quantitative estimate of drug-likeness (QED) is 0.935. The highest BCUT2D eigenvalue weighted by atomic mass is 35.5. The van der Waals surface area contributed by atoms with E-state index in [-0.39, 0.29) is 6.04 Å². The second-order valence-electron chi connectivity index (χ2n) is 4.59. The first-order valence-electron chi connectivity index (χ1n) is 6.05. The van der Waals surface area contributed by atoms with Crippen LogP contribution in [0.2, 0.25) is 5.02 Å². The van der Waals surface area contributed by atoms with E-state index >= 15 is 0 Å². The summed E-state index contributed by atoms with van der Waals surface area (Å²) in [5.74, 6) is 0.624. The SMILES string of the molecule is COc1cc(C(N)c2ncc(C)cc2C)ccc1Cl. The molecule has 0 fully saturated rings. The molecule has 2 aromatic rings. The molecule has 0 radical (unpaired) electrons. The minimum Gasteiger partial charge on any atom is -0.495 e. The number of rotatable bonds is 3. The molecule has 0 saturated carbocycles. The minimum atomic E-state index is -0.285. The number of halogens is 1. The van der Waals surface area contributed by atoms with Gasteiger partial charge in [0.05, 0.1) is 23.9 Å². The summed E-state index contributed by atoms with van der Waals surface area (Å²) in [6.07, 6.45) is 1.83. The van der Waals surface area contributed by atoms with Crippen LogP contribution in [0.1, 0.15) is 28.4 Å². The Bertz CT molecular complexity index is 599. The Kier molecular flexibility index (Phi) is 4.08. The second-order valence-corrected chi connectivity index (χ2v) is 4.99. The predicted octanol–water partition coefficient (Wildman–Crippen LogP) is 3.41. The van der Waals surface area contributed by atoms with Crippen LogP contribution >= 0.6 is 11.6 Å². The average molecular weight is 277 g/mol. The molecule has 3 nitrogen and oxygen atoms in total. The molecule has 0 amide bonds. The van der Waals surface area contributed by atoms with Crippen LogP contribution in [0.5, 0.6) is 5.75 Å². The topological polar surface area (TPSA) is 48.1 Å². The van der Waals surface area contributed by atoms with Gasteiger partial charge in [-0.05, 0) is 42.7 Å². The summed E-state index contributed by atoms with van der Waals surface area (Å²) >= 11 is 6.02. The first-order valence-corrected chi connectivity index (χ1v) is 6.43. The Labute approximate surface area is 118 Å². The number of methoxy groups -OCH3 is 1. The van der Waals surface area contributed by atoms with Gasteiger partial charge in [0.2, 0.25) is 0 Å². The van der Waals surface area contributed by atoms with Crippen molar-refractivity contribution in [2.45, 2.75) is 19.9 Å². The summed E-state index contributed by atoms with van der Waals surface area (Å²) in [4.78, 5) is 4.43. The number of ether oxygens (including phenoxy) is 1. The Morgan fingerprint density at radius 2 is 2.00 bits per heavy atom. The lowest BCUT2D eigenvalue weighted by Crippen LogP contribution is -2.15. The maximum atomic E-state index is 6.28. The molecule has 19 heavy (non-hydrogen) atoms. The number of aromatic nitrogens is 1. The molecule has 4 heteroatoms. The molecule has 1 unspecified atom stereocenters. The highest BCUT2D eigenvalue weighted by Gasteiger charge is 2.14. The standard InChI is InChI=1S/C15H17ClN2O/c1-9-6-10(2)15(18-8-9)14(17)11-4-5-12(16)13(7-11)19-3/h4-8,14H,17H2,1-3H3. The molecule has 1 aromatic carbocycles. The van der Waals surface area contributed by atoms with Crippen LogP contribution in [0.15, 0.2) is 30.5 Å². The number of aryl methyl sites for hydroxylation is 2. The molecule has 1 heterocycles. The Morgan fingerprint density at radius 1 is 1.26 bits per heavy atom. The van der Waals surface area contributed by atoms with Crippen molar-refractivity contribution in [1.29, 1.82) is 0 Å². The smallest absolute Gasteiger partial charge is 0.137 e. The highest BCUT2D eigenvalue weighted by molar-refractivity contribution is 6.32. The van der Waals surface area contributed by atoms with Crippen LogP contribution in [-0.4, -0.2) is 12.1 Å². The van der Waals surface area contributed by atoms with Crippen molar-refractivity contribution in [3.63, 3.8) is 0 Å². The number of nitrogens with zero attached hydrogens (tertiary/aromatic N) is 1. The fourth-order valence-corrected chi connectivity index (χ4v) is 2.27. The lowest BCUT2D eigenvalue weighted by molar-refractivity contribution is 0.414. The maximum Gasteiger partial charge on any atom is 0.137 e. The van der Waals surface area contributed by atoms with Gasteiger partial charge in [-0.3, -0.25) is 4.98 Å². The van der Waals surface area contributed by atoms with E-state index in [2.05, 4.69) is 11.1 Å². The van der Waals surface area contributed by atoms with Gasteiger partial charge in [0.1, 0.15) is 5.75 Å². The molecule has 1 aromatic heterocycles. The fraction of sp³-hybridized carbons (Fsp3) is 0.267. The number of hydrogen-bond acceptors (Lipinski definition) is 3. The molecule has 0 bridgehead atoms. The highest BCUT2D eigenvalue weighted by Crippen LogP contribution is 2.29. The van der Waals surface area contributed by atoms with Crippen molar-refractivity contribution in [3.8, 4) is 5.75 Å². The van der Waals surface area contributed by atoms with E-state index in [0.717, 1.165) is 22.4 Å². The Hall–Kier alpha value is -1.58. The molecule has 1 atom stereocenters. The van der Waals surface area contributed by atoms with E-state index in [1.807, 2.05) is 32.2 Å². The fourth-order valence-electron chi connectivity index (χ4n) is 2.08. The van der Waals surface area contributed by atoms with E-state index < -0.39 is 0 Å². The van der Waals surface area contributed by atoms with Gasteiger partial charge in [0, 0.05) is 6.20 Å². The van der Waals surface area contributed by atoms with Crippen LogP contribution in [0, 0.1) is 13.8 Å². The summed E-state index contributed by atoms with van der Waals surface area (Å²) in [5, 5.41) is 0.576. The van der Waals surface area contributed by atoms with Gasteiger partial charge in [0.15, 0.2) is 0 Å². The van der Waals surface area contributed by atoms with E-state index in [9.17, 15) is 0 Å². The Balaban J connectivity index is 2.40. The molecule has 2 N–H and O–H groups in total. The lowest BCUT2D eigenvalue weighted by atomic mass is 10.00. The van der Waals surface area contributed by atoms with Gasteiger partial charge < -0.3 is 10.5 Å². The monoisotopic (exact) mass is 276 g/mol. The van der Waals surface area contributed by atoms with Gasteiger partial charge >= 0.3 is 0 Å². The average Bonchev–Trinajstić information content (AvgIpc) is 2.38. The summed E-state index contributed by atoms with van der Waals surface area (Å²) in [7, 11) is 1.59. The zero-order chi connectivity index (χ0) is 14.0. The summed E-state index contributed by atoms with van der Waals surface area (Å²) in [6.45, 7) is 4.03. The summed E-state index contributed by atoms with van der Waals surface area (Å²) < 4.78 is 5.21. The molecule has 0 aliphatic carbocycles. The van der Waals surface area contributed by atoms with E-state index in [4.69, 9.17) is 22.1 Å². The molecule has 0 aliphatic heterocycles. The van der Waals surface area contributed by atoms with Gasteiger partial charge in [-0.1, -0.05) is 23.7 Å². The summed E-state index contributed by atoms with van der Waals surface area (Å²) in [5.41, 5.74) is 10.3. The van der Waals surface area contributed by atoms with Crippen molar-refractivity contribution >= 4 is 11.6 Å². The first kappa shape index (κ1) is 13.8. The first-order chi connectivity index (χ1) is 9.02. The van der Waals surface area contributed by atoms with E-state index in [0.29, 0.717) is 10.8 Å². The third kappa shape index (κ3) is 2.88. The zero-order valence-corrected chi connectivity index (χ0v) is 12.0. The number of hydrogen-bond donors (Lipinski definition) is 1. The predicted molar refractivity (Wildman–Crippen MR) is 77.7 cm³/mol. The van der Waals surface area contributed by atoms with Crippen LogP contribution < -0.4 is 10.5 Å². The minimum absolute atomic E-state index is 0.285. The molecule has 0 spiro atoms. The maximum absolute atomic E-state index is 6.28. The van der Waals surface area contributed by atoms with Gasteiger partial charge in [-0.25, -0.2) is 0 Å². The normalized spacial score (nSPS) is 12.3. The van der Waals surface area contributed by atoms with Crippen molar-refractivity contribution in [2.75, 3.05) is 7.11 Å². The van der Waals surface area contributed by atoms with Crippen LogP contribution in [0.4, 0.5) is 0 Å². The second kappa shape index (κ2) is 5.59. The van der Waals surface area contributed by atoms with Gasteiger partial charge in [-0.15, -0.1) is 0 Å². The van der Waals surface area contributed by atoms with Crippen molar-refractivity contribution in [2.24, 2.45) is 5.73 Å². The van der Waals surface area contributed by atoms with Crippen LogP contribution in [0.25, 0.3) is 0 Å². The third-order valence-corrected chi connectivity index (χ3v) is 3.40. The Morgan fingerprint density at radius 3 is 2.63 bits per heavy atom. The molecule has 100 valence electrons. The number of nitrogens with two attached hydrogens (primary N) is 1. The van der Waals surface area contributed by atoms with Gasteiger partial charge in [0.25, 0.3) is 0 Å². The number of pyridine rings is 1. The largest absolute Gasteiger partial charge is 0.495 e. The van der Waals surface area contributed by atoms with E-state index in [1.54, 1.807) is 13.2 Å². The van der Waals surface area contributed by atoms with Crippen LogP contribution in [0.3, 0.4) is 0 Å². The van der Waals surface area contributed by atoms with Crippen molar-refractivity contribution < 1.29 is 4.74 Å². The molecular formula is C15H17ClN2O. The number of benzene rings is 1. The van der Waals surface area contributed by atoms with E-state index in [1.165, 1.54) is 0 Å². The summed E-state index contributed by atoms with van der Waals surface area (Å²) in [6, 6.07) is 7.34. The van der Waals surface area contributed by atoms with Crippen molar-refractivity contribution in [3.05, 3.63) is 57.9 Å². The lowest BCUT2D eigenvalue weighted by Gasteiger charge is -2.16.